The van der Waals surface area contributed by atoms with E-state index in [1.54, 1.807) is 29.2 Å². The van der Waals surface area contributed by atoms with Crippen LogP contribution in [0.1, 0.15) is 16.8 Å². The van der Waals surface area contributed by atoms with E-state index in [1.807, 2.05) is 58.3 Å². The molecule has 6 nitrogen and oxygen atoms in total. The van der Waals surface area contributed by atoms with Gasteiger partial charge in [0.1, 0.15) is 0 Å². The molecule has 0 aliphatic carbocycles. The predicted octanol–water partition coefficient (Wildman–Crippen LogP) is 4.51. The van der Waals surface area contributed by atoms with Gasteiger partial charge in [-0.05, 0) is 67.1 Å². The number of anilines is 1. The maximum atomic E-state index is 12.9. The maximum Gasteiger partial charge on any atom is 0.321 e. The van der Waals surface area contributed by atoms with Gasteiger partial charge in [0.15, 0.2) is 0 Å². The van der Waals surface area contributed by atoms with Crippen molar-refractivity contribution in [3.05, 3.63) is 83.6 Å². The molecule has 154 valence electrons. The molecule has 1 saturated heterocycles. The van der Waals surface area contributed by atoms with Gasteiger partial charge < -0.3 is 19.7 Å². The average molecular weight is 423 g/mol. The summed E-state index contributed by atoms with van der Waals surface area (Å²) >= 11 is 5.89. The molecule has 30 heavy (non-hydrogen) atoms. The van der Waals surface area contributed by atoms with Crippen molar-refractivity contribution in [1.82, 2.24) is 14.4 Å². The standard InChI is InChI=1S/C23H23ClN4O2/c24-19-6-8-20(9-7-19)25-23(30)28-15-3-14-27(16-17-28)22(29)18-4-10-21(11-5-18)26-12-1-2-13-26/h1-2,4-13H,3,14-17H2,(H,25,30). The van der Waals surface area contributed by atoms with E-state index in [9.17, 15) is 9.59 Å². The Morgan fingerprint density at radius 1 is 0.800 bits per heavy atom. The third-order valence-electron chi connectivity index (χ3n) is 5.18. The fraction of sp³-hybridized carbons (Fsp3) is 0.217. The van der Waals surface area contributed by atoms with Crippen LogP contribution in [0.5, 0.6) is 0 Å². The van der Waals surface area contributed by atoms with Gasteiger partial charge in [-0.15, -0.1) is 0 Å². The highest BCUT2D eigenvalue weighted by Crippen LogP contribution is 2.16. The van der Waals surface area contributed by atoms with Crippen molar-refractivity contribution in [2.45, 2.75) is 6.42 Å². The van der Waals surface area contributed by atoms with E-state index in [2.05, 4.69) is 5.32 Å². The molecular formula is C23H23ClN4O2. The zero-order chi connectivity index (χ0) is 20.9. The zero-order valence-corrected chi connectivity index (χ0v) is 17.3. The highest BCUT2D eigenvalue weighted by atomic mass is 35.5. The Labute approximate surface area is 180 Å². The molecule has 0 saturated carbocycles. The van der Waals surface area contributed by atoms with Gasteiger partial charge in [-0.2, -0.15) is 0 Å². The SMILES string of the molecule is O=C(Nc1ccc(Cl)cc1)N1CCCN(C(=O)c2ccc(-n3cccc3)cc2)CC1. The van der Waals surface area contributed by atoms with Crippen molar-refractivity contribution in [3.8, 4) is 5.69 Å². The maximum absolute atomic E-state index is 12.9. The summed E-state index contributed by atoms with van der Waals surface area (Å²) in [5.74, 6) is -0.00554. The molecule has 3 amide bonds. The quantitative estimate of drug-likeness (QED) is 0.675. The molecule has 4 rings (SSSR count). The van der Waals surface area contributed by atoms with Crippen LogP contribution in [0.25, 0.3) is 5.69 Å². The van der Waals surface area contributed by atoms with Crippen LogP contribution < -0.4 is 5.32 Å². The van der Waals surface area contributed by atoms with E-state index in [0.717, 1.165) is 12.1 Å². The summed E-state index contributed by atoms with van der Waals surface area (Å²) in [6, 6.07) is 18.4. The molecule has 0 radical (unpaired) electrons. The number of aromatic nitrogens is 1. The molecule has 1 aliphatic heterocycles. The Kier molecular flexibility index (Phi) is 6.05. The Morgan fingerprint density at radius 3 is 2.13 bits per heavy atom. The number of nitrogens with one attached hydrogen (secondary N) is 1. The van der Waals surface area contributed by atoms with Crippen LogP contribution in [-0.4, -0.2) is 52.5 Å². The number of hydrogen-bond acceptors (Lipinski definition) is 2. The molecule has 0 atom stereocenters. The fourth-order valence-electron chi connectivity index (χ4n) is 3.52. The van der Waals surface area contributed by atoms with E-state index >= 15 is 0 Å². The summed E-state index contributed by atoms with van der Waals surface area (Å²) in [6.45, 7) is 2.23. The van der Waals surface area contributed by atoms with E-state index < -0.39 is 0 Å². The van der Waals surface area contributed by atoms with Gasteiger partial charge in [-0.25, -0.2) is 4.79 Å². The highest BCUT2D eigenvalue weighted by molar-refractivity contribution is 6.30. The number of halogens is 1. The molecule has 1 fully saturated rings. The number of rotatable bonds is 3. The first-order valence-electron chi connectivity index (χ1n) is 9.94. The van der Waals surface area contributed by atoms with Gasteiger partial charge in [0, 0.05) is 60.5 Å². The summed E-state index contributed by atoms with van der Waals surface area (Å²) in [5, 5.41) is 3.51. The van der Waals surface area contributed by atoms with Crippen LogP contribution in [0.3, 0.4) is 0 Å². The minimum absolute atomic E-state index is 0.00554. The molecule has 1 aromatic heterocycles. The molecule has 1 aliphatic rings. The number of carbonyl (C=O) groups is 2. The van der Waals surface area contributed by atoms with Crippen LogP contribution in [-0.2, 0) is 0 Å². The van der Waals surface area contributed by atoms with E-state index in [0.29, 0.717) is 42.5 Å². The fourth-order valence-corrected chi connectivity index (χ4v) is 3.65. The van der Waals surface area contributed by atoms with Crippen LogP contribution in [0.15, 0.2) is 73.1 Å². The van der Waals surface area contributed by atoms with Crippen LogP contribution in [0.2, 0.25) is 5.02 Å². The topological polar surface area (TPSA) is 57.6 Å². The molecule has 1 N–H and O–H groups in total. The van der Waals surface area contributed by atoms with Gasteiger partial charge in [0.05, 0.1) is 0 Å². The lowest BCUT2D eigenvalue weighted by Crippen LogP contribution is -2.39. The van der Waals surface area contributed by atoms with E-state index in [4.69, 9.17) is 11.6 Å². The third-order valence-corrected chi connectivity index (χ3v) is 5.43. The van der Waals surface area contributed by atoms with E-state index in [-0.39, 0.29) is 11.9 Å². The molecule has 0 spiro atoms. The van der Waals surface area contributed by atoms with Gasteiger partial charge in [-0.1, -0.05) is 11.6 Å². The second kappa shape index (κ2) is 9.05. The van der Waals surface area contributed by atoms with Crippen molar-refractivity contribution in [1.29, 1.82) is 0 Å². The first-order valence-corrected chi connectivity index (χ1v) is 10.3. The zero-order valence-electron chi connectivity index (χ0n) is 16.5. The number of hydrogen-bond donors (Lipinski definition) is 1. The number of carbonyl (C=O) groups excluding carboxylic acids is 2. The summed E-state index contributed by atoms with van der Waals surface area (Å²) in [6.07, 6.45) is 4.67. The number of nitrogens with zero attached hydrogens (tertiary/aromatic N) is 3. The Balaban J connectivity index is 1.35. The summed E-state index contributed by atoms with van der Waals surface area (Å²) in [5.41, 5.74) is 2.37. The van der Waals surface area contributed by atoms with Gasteiger partial charge in [0.2, 0.25) is 0 Å². The molecule has 0 unspecified atom stereocenters. The van der Waals surface area contributed by atoms with Crippen molar-refractivity contribution in [2.24, 2.45) is 0 Å². The molecule has 2 heterocycles. The molecular weight excluding hydrogens is 400 g/mol. The van der Waals surface area contributed by atoms with Crippen LogP contribution in [0, 0.1) is 0 Å². The second-order valence-corrected chi connectivity index (χ2v) is 7.64. The van der Waals surface area contributed by atoms with Crippen LogP contribution >= 0.6 is 11.6 Å². The average Bonchev–Trinajstić information content (AvgIpc) is 3.19. The lowest BCUT2D eigenvalue weighted by molar-refractivity contribution is 0.0762. The molecule has 3 aromatic rings. The summed E-state index contributed by atoms with van der Waals surface area (Å²) in [4.78, 5) is 29.1. The van der Waals surface area contributed by atoms with Crippen molar-refractivity contribution in [2.75, 3.05) is 31.5 Å². The predicted molar refractivity (Wildman–Crippen MR) is 118 cm³/mol. The highest BCUT2D eigenvalue weighted by Gasteiger charge is 2.23. The minimum Gasteiger partial charge on any atom is -0.337 e. The largest absolute Gasteiger partial charge is 0.337 e. The molecule has 2 aromatic carbocycles. The normalized spacial score (nSPS) is 14.3. The Hall–Kier alpha value is -3.25. The second-order valence-electron chi connectivity index (χ2n) is 7.21. The number of benzene rings is 2. The monoisotopic (exact) mass is 422 g/mol. The minimum atomic E-state index is -0.164. The first-order chi connectivity index (χ1) is 14.6. The third kappa shape index (κ3) is 4.66. The number of amides is 3. The molecule has 0 bridgehead atoms. The summed E-state index contributed by atoms with van der Waals surface area (Å²) in [7, 11) is 0. The summed E-state index contributed by atoms with van der Waals surface area (Å²) < 4.78 is 2.00. The Bertz CT molecular complexity index is 1000. The van der Waals surface area contributed by atoms with Crippen molar-refractivity contribution >= 4 is 29.2 Å². The molecule has 7 heteroatoms. The Morgan fingerprint density at radius 2 is 1.43 bits per heavy atom. The first kappa shape index (κ1) is 20.0. The lowest BCUT2D eigenvalue weighted by Gasteiger charge is -2.22. The van der Waals surface area contributed by atoms with Crippen LogP contribution in [0.4, 0.5) is 10.5 Å². The van der Waals surface area contributed by atoms with Gasteiger partial charge >= 0.3 is 6.03 Å². The smallest absolute Gasteiger partial charge is 0.321 e. The number of urea groups is 1. The van der Waals surface area contributed by atoms with Gasteiger partial charge in [-0.3, -0.25) is 4.79 Å². The lowest BCUT2D eigenvalue weighted by atomic mass is 10.1. The van der Waals surface area contributed by atoms with E-state index in [1.165, 1.54) is 0 Å². The van der Waals surface area contributed by atoms with Crippen molar-refractivity contribution < 1.29 is 9.59 Å². The van der Waals surface area contributed by atoms with Crippen molar-refractivity contribution in [3.63, 3.8) is 0 Å². The van der Waals surface area contributed by atoms with Gasteiger partial charge in [0.25, 0.3) is 5.91 Å².